The molecular weight excluding hydrogens is 375 g/mol. The first-order valence-electron chi connectivity index (χ1n) is 7.77. The number of benzene rings is 2. The Kier molecular flexibility index (Phi) is 4.41. The molecule has 0 spiro atoms. The van der Waals surface area contributed by atoms with Crippen LogP contribution in [0.4, 0.5) is 5.69 Å². The Morgan fingerprint density at radius 2 is 1.92 bits per heavy atom. The first-order valence-corrected chi connectivity index (χ1v) is 8.52. The molecule has 2 aromatic carbocycles. The fourth-order valence-electron chi connectivity index (χ4n) is 2.56. The summed E-state index contributed by atoms with van der Waals surface area (Å²) in [5.41, 5.74) is 2.80. The number of nitrogens with one attached hydrogen (secondary N) is 1. The molecule has 0 fully saturated rings. The Hall–Kier alpha value is -2.76. The van der Waals surface area contributed by atoms with Crippen LogP contribution in [0.15, 0.2) is 63.6 Å². The minimum absolute atomic E-state index is 0.260. The van der Waals surface area contributed by atoms with Gasteiger partial charge in [0.2, 0.25) is 0 Å². The first-order chi connectivity index (χ1) is 12.6. The van der Waals surface area contributed by atoms with Gasteiger partial charge in [-0.25, -0.2) is 4.98 Å². The monoisotopic (exact) mass is 386 g/mol. The van der Waals surface area contributed by atoms with E-state index in [-0.39, 0.29) is 11.7 Å². The van der Waals surface area contributed by atoms with Crippen molar-refractivity contribution in [3.8, 4) is 0 Å². The van der Waals surface area contributed by atoms with Crippen LogP contribution in [0.1, 0.15) is 22.0 Å². The Morgan fingerprint density at radius 1 is 1.12 bits per heavy atom. The van der Waals surface area contributed by atoms with E-state index in [0.717, 1.165) is 5.56 Å². The van der Waals surface area contributed by atoms with Crippen molar-refractivity contribution in [2.75, 3.05) is 5.32 Å². The molecule has 0 aliphatic heterocycles. The Labute approximate surface area is 158 Å². The van der Waals surface area contributed by atoms with Crippen LogP contribution in [-0.4, -0.2) is 10.9 Å². The van der Waals surface area contributed by atoms with Gasteiger partial charge in [-0.1, -0.05) is 35.3 Å². The van der Waals surface area contributed by atoms with Crippen molar-refractivity contribution in [2.45, 2.75) is 6.42 Å². The van der Waals surface area contributed by atoms with Gasteiger partial charge in [-0.05, 0) is 42.0 Å². The van der Waals surface area contributed by atoms with Gasteiger partial charge in [-0.15, -0.1) is 0 Å². The van der Waals surface area contributed by atoms with Gasteiger partial charge in [-0.2, -0.15) is 0 Å². The lowest BCUT2D eigenvalue weighted by Gasteiger charge is -2.04. The van der Waals surface area contributed by atoms with Gasteiger partial charge in [-0.3, -0.25) is 4.79 Å². The number of carbonyl (C=O) groups excluding carboxylic acids is 1. The second kappa shape index (κ2) is 6.86. The predicted octanol–water partition coefficient (Wildman–Crippen LogP) is 5.57. The van der Waals surface area contributed by atoms with E-state index in [1.165, 1.54) is 6.26 Å². The third-order valence-electron chi connectivity index (χ3n) is 3.77. The fraction of sp³-hybridized carbons (Fsp3) is 0.0526. The maximum atomic E-state index is 12.0. The molecule has 7 heteroatoms. The zero-order valence-corrected chi connectivity index (χ0v) is 14.8. The zero-order chi connectivity index (χ0) is 18.1. The molecule has 1 amide bonds. The molecule has 0 aliphatic carbocycles. The topological polar surface area (TPSA) is 68.3 Å². The SMILES string of the molecule is O=C(Nc1ccc(Cc2nc3cc(Cl)cc(Cl)c3o2)cc1)c1ccco1. The number of nitrogens with zero attached hydrogens (tertiary/aromatic N) is 1. The first kappa shape index (κ1) is 16.7. The molecular formula is C19H12Cl2N2O3. The number of hydrogen-bond acceptors (Lipinski definition) is 4. The van der Waals surface area contributed by atoms with Crippen LogP contribution in [0.25, 0.3) is 11.1 Å². The summed E-state index contributed by atoms with van der Waals surface area (Å²) in [4.78, 5) is 16.4. The molecule has 130 valence electrons. The summed E-state index contributed by atoms with van der Waals surface area (Å²) in [7, 11) is 0. The highest BCUT2D eigenvalue weighted by atomic mass is 35.5. The number of halogens is 2. The van der Waals surface area contributed by atoms with Gasteiger partial charge in [0.15, 0.2) is 17.2 Å². The summed E-state index contributed by atoms with van der Waals surface area (Å²) in [5, 5.41) is 3.71. The summed E-state index contributed by atoms with van der Waals surface area (Å²) < 4.78 is 10.8. The number of oxazole rings is 1. The van der Waals surface area contributed by atoms with Crippen molar-refractivity contribution >= 4 is 45.9 Å². The molecule has 0 radical (unpaired) electrons. The summed E-state index contributed by atoms with van der Waals surface area (Å²) in [5.74, 6) is 0.501. The van der Waals surface area contributed by atoms with E-state index in [0.29, 0.717) is 39.1 Å². The van der Waals surface area contributed by atoms with Gasteiger partial charge in [0, 0.05) is 17.1 Å². The number of amides is 1. The second-order valence-corrected chi connectivity index (χ2v) is 6.49. The number of anilines is 1. The Morgan fingerprint density at radius 3 is 2.65 bits per heavy atom. The van der Waals surface area contributed by atoms with Gasteiger partial charge in [0.1, 0.15) is 5.52 Å². The predicted molar refractivity (Wildman–Crippen MR) is 99.9 cm³/mol. The van der Waals surface area contributed by atoms with Crippen LogP contribution >= 0.6 is 23.2 Å². The number of carbonyl (C=O) groups is 1. The maximum absolute atomic E-state index is 12.0. The van der Waals surface area contributed by atoms with Crippen LogP contribution in [-0.2, 0) is 6.42 Å². The number of furan rings is 1. The van der Waals surface area contributed by atoms with Crippen molar-refractivity contribution in [1.29, 1.82) is 0 Å². The van der Waals surface area contributed by atoms with Crippen molar-refractivity contribution in [2.24, 2.45) is 0 Å². The summed E-state index contributed by atoms with van der Waals surface area (Å²) >= 11 is 12.1. The lowest BCUT2D eigenvalue weighted by Crippen LogP contribution is -2.10. The minimum Gasteiger partial charge on any atom is -0.459 e. The quantitative estimate of drug-likeness (QED) is 0.497. The fourth-order valence-corrected chi connectivity index (χ4v) is 3.08. The average Bonchev–Trinajstić information content (AvgIpc) is 3.26. The van der Waals surface area contributed by atoms with Gasteiger partial charge in [0.25, 0.3) is 5.91 Å². The van der Waals surface area contributed by atoms with E-state index in [4.69, 9.17) is 32.0 Å². The molecule has 0 aliphatic rings. The van der Waals surface area contributed by atoms with Crippen LogP contribution in [0.3, 0.4) is 0 Å². The number of hydrogen-bond donors (Lipinski definition) is 1. The Bertz CT molecular complexity index is 1070. The van der Waals surface area contributed by atoms with E-state index in [2.05, 4.69) is 10.3 Å². The molecule has 5 nitrogen and oxygen atoms in total. The van der Waals surface area contributed by atoms with Gasteiger partial charge < -0.3 is 14.2 Å². The molecule has 1 N–H and O–H groups in total. The molecule has 0 unspecified atom stereocenters. The lowest BCUT2D eigenvalue weighted by molar-refractivity contribution is 0.0996. The summed E-state index contributed by atoms with van der Waals surface area (Å²) in [6.45, 7) is 0. The van der Waals surface area contributed by atoms with Gasteiger partial charge in [0.05, 0.1) is 11.3 Å². The summed E-state index contributed by atoms with van der Waals surface area (Å²) in [6, 6.07) is 14.0. The molecule has 0 bridgehead atoms. The smallest absolute Gasteiger partial charge is 0.291 e. The lowest BCUT2D eigenvalue weighted by atomic mass is 10.1. The van der Waals surface area contributed by atoms with E-state index in [9.17, 15) is 4.79 Å². The van der Waals surface area contributed by atoms with Crippen LogP contribution < -0.4 is 5.32 Å². The highest BCUT2D eigenvalue weighted by Gasteiger charge is 2.12. The summed E-state index contributed by atoms with van der Waals surface area (Å²) in [6.07, 6.45) is 1.95. The van der Waals surface area contributed by atoms with Crippen molar-refractivity contribution in [3.63, 3.8) is 0 Å². The average molecular weight is 387 g/mol. The van der Waals surface area contributed by atoms with Crippen LogP contribution in [0, 0.1) is 0 Å². The molecule has 0 saturated heterocycles. The molecule has 4 rings (SSSR count). The van der Waals surface area contributed by atoms with E-state index >= 15 is 0 Å². The van der Waals surface area contributed by atoms with E-state index < -0.39 is 0 Å². The van der Waals surface area contributed by atoms with E-state index in [1.807, 2.05) is 24.3 Å². The third-order valence-corrected chi connectivity index (χ3v) is 4.26. The number of fused-ring (bicyclic) bond motifs is 1. The van der Waals surface area contributed by atoms with Crippen LogP contribution in [0.2, 0.25) is 10.0 Å². The van der Waals surface area contributed by atoms with Crippen LogP contribution in [0.5, 0.6) is 0 Å². The molecule has 2 heterocycles. The van der Waals surface area contributed by atoms with Gasteiger partial charge >= 0.3 is 0 Å². The molecule has 2 aromatic heterocycles. The third kappa shape index (κ3) is 3.45. The highest BCUT2D eigenvalue weighted by molar-refractivity contribution is 6.37. The molecule has 0 atom stereocenters. The van der Waals surface area contributed by atoms with Crippen molar-refractivity contribution < 1.29 is 13.6 Å². The van der Waals surface area contributed by atoms with Crippen molar-refractivity contribution in [1.82, 2.24) is 4.98 Å². The molecule has 0 saturated carbocycles. The highest BCUT2D eigenvalue weighted by Crippen LogP contribution is 2.29. The largest absolute Gasteiger partial charge is 0.459 e. The standard InChI is InChI=1S/C19H12Cl2N2O3/c20-12-9-14(21)18-15(10-12)23-17(26-18)8-11-3-5-13(6-4-11)22-19(24)16-2-1-7-25-16/h1-7,9-10H,8H2,(H,22,24). The minimum atomic E-state index is -0.298. The maximum Gasteiger partial charge on any atom is 0.291 e. The number of aromatic nitrogens is 1. The normalized spacial score (nSPS) is 11.0. The van der Waals surface area contributed by atoms with E-state index in [1.54, 1.807) is 24.3 Å². The second-order valence-electron chi connectivity index (χ2n) is 5.65. The zero-order valence-electron chi connectivity index (χ0n) is 13.3. The molecule has 26 heavy (non-hydrogen) atoms. The Balaban J connectivity index is 1.49. The number of rotatable bonds is 4. The van der Waals surface area contributed by atoms with Crippen molar-refractivity contribution in [3.05, 3.63) is 82.1 Å². The molecule has 4 aromatic rings.